The number of pyridine rings is 1. The number of fused-ring (bicyclic) bond motifs is 3. The zero-order valence-corrected chi connectivity index (χ0v) is 15.4. The van der Waals surface area contributed by atoms with Crippen molar-refractivity contribution in [2.24, 2.45) is 0 Å². The molecule has 118 valence electrons. The smallest absolute Gasteiger partial charge is 0.0777 e. The van der Waals surface area contributed by atoms with Crippen molar-refractivity contribution < 1.29 is 0 Å². The summed E-state index contributed by atoms with van der Waals surface area (Å²) >= 11 is 0. The Morgan fingerprint density at radius 1 is 0.708 bits per heavy atom. The van der Waals surface area contributed by atoms with E-state index in [1.54, 1.807) is 0 Å². The van der Waals surface area contributed by atoms with Crippen LogP contribution in [0, 0.1) is 0 Å². The van der Waals surface area contributed by atoms with Crippen molar-refractivity contribution in [1.82, 2.24) is 4.98 Å². The number of rotatable bonds is 2. The van der Waals surface area contributed by atoms with Gasteiger partial charge in [0, 0.05) is 11.8 Å². The molecule has 0 bridgehead atoms. The first-order chi connectivity index (χ1) is 11.5. The summed E-state index contributed by atoms with van der Waals surface area (Å²) in [5, 5.41) is 6.62. The Balaban J connectivity index is 1.88. The molecular weight excluding hydrogens is 306 g/mol. The second kappa shape index (κ2) is 5.57. The van der Waals surface area contributed by atoms with E-state index in [2.05, 4.69) is 91.4 Å². The molecule has 0 unspecified atom stereocenters. The number of hydrogen-bond donors (Lipinski definition) is 0. The van der Waals surface area contributed by atoms with E-state index in [0.717, 1.165) is 5.69 Å². The van der Waals surface area contributed by atoms with Crippen molar-refractivity contribution in [3.8, 4) is 11.3 Å². The molecule has 1 nitrogen and oxygen atoms in total. The quantitative estimate of drug-likeness (QED) is 0.345. The van der Waals surface area contributed by atoms with Gasteiger partial charge in [0.25, 0.3) is 0 Å². The first-order valence-electron chi connectivity index (χ1n) is 8.41. The van der Waals surface area contributed by atoms with E-state index in [0.29, 0.717) is 0 Å². The predicted octanol–water partition coefficient (Wildman–Crippen LogP) is 5.60. The zero-order valence-electron chi connectivity index (χ0n) is 14.4. The van der Waals surface area contributed by atoms with Crippen LogP contribution in [0.25, 0.3) is 32.8 Å². The van der Waals surface area contributed by atoms with Crippen molar-refractivity contribution in [1.29, 1.82) is 0 Å². The monoisotopic (exact) mass is 327 g/mol. The third-order valence-corrected chi connectivity index (χ3v) is 6.71. The molecule has 4 aromatic rings. The zero-order chi connectivity index (χ0) is 16.7. The molecule has 0 atom stereocenters. The first kappa shape index (κ1) is 15.1. The summed E-state index contributed by atoms with van der Waals surface area (Å²) in [5.74, 6) is 0. The molecule has 1 aromatic heterocycles. The Morgan fingerprint density at radius 3 is 2.29 bits per heavy atom. The number of nitrogens with zero attached hydrogens (tertiary/aromatic N) is 1. The van der Waals surface area contributed by atoms with Crippen LogP contribution < -0.4 is 5.19 Å². The highest BCUT2D eigenvalue weighted by atomic mass is 28.3. The van der Waals surface area contributed by atoms with Gasteiger partial charge in [-0.1, -0.05) is 73.4 Å². The maximum Gasteiger partial charge on any atom is 0.0777 e. The van der Waals surface area contributed by atoms with Crippen LogP contribution in [0.1, 0.15) is 0 Å². The number of benzene rings is 3. The van der Waals surface area contributed by atoms with Gasteiger partial charge in [-0.05, 0) is 39.7 Å². The molecule has 0 aliphatic carbocycles. The molecule has 0 radical (unpaired) electrons. The van der Waals surface area contributed by atoms with Crippen LogP contribution in [-0.4, -0.2) is 13.1 Å². The summed E-state index contributed by atoms with van der Waals surface area (Å²) in [6.45, 7) is 7.12. The van der Waals surface area contributed by atoms with E-state index in [1.807, 2.05) is 6.20 Å². The molecule has 0 saturated heterocycles. The van der Waals surface area contributed by atoms with Crippen LogP contribution in [0.5, 0.6) is 0 Å². The molecule has 3 aromatic carbocycles. The van der Waals surface area contributed by atoms with Crippen molar-refractivity contribution >= 4 is 34.8 Å². The molecule has 0 spiro atoms. The summed E-state index contributed by atoms with van der Waals surface area (Å²) in [6.07, 6.45) is 1.95. The van der Waals surface area contributed by atoms with Crippen LogP contribution in [0.15, 0.2) is 72.9 Å². The minimum Gasteiger partial charge on any atom is -0.256 e. The largest absolute Gasteiger partial charge is 0.256 e. The topological polar surface area (TPSA) is 12.9 Å². The van der Waals surface area contributed by atoms with Crippen molar-refractivity contribution in [2.45, 2.75) is 19.6 Å². The van der Waals surface area contributed by atoms with E-state index < -0.39 is 8.07 Å². The summed E-state index contributed by atoms with van der Waals surface area (Å²) in [5.41, 5.74) is 2.27. The van der Waals surface area contributed by atoms with E-state index in [4.69, 9.17) is 0 Å². The molecule has 0 aliphatic rings. The minimum absolute atomic E-state index is 1.07. The summed E-state index contributed by atoms with van der Waals surface area (Å²) < 4.78 is 0. The van der Waals surface area contributed by atoms with E-state index >= 15 is 0 Å². The highest BCUT2D eigenvalue weighted by Crippen LogP contribution is 2.28. The fourth-order valence-electron chi connectivity index (χ4n) is 3.23. The molecule has 0 aliphatic heterocycles. The lowest BCUT2D eigenvalue weighted by Crippen LogP contribution is -2.37. The lowest BCUT2D eigenvalue weighted by molar-refractivity contribution is 1.34. The predicted molar refractivity (Wildman–Crippen MR) is 108 cm³/mol. The van der Waals surface area contributed by atoms with Gasteiger partial charge in [0.2, 0.25) is 0 Å². The number of aromatic nitrogens is 1. The molecule has 1 heterocycles. The Bertz CT molecular complexity index is 1040. The molecule has 2 heteroatoms. The van der Waals surface area contributed by atoms with Gasteiger partial charge in [0.05, 0.1) is 13.8 Å². The van der Waals surface area contributed by atoms with Gasteiger partial charge in [0.1, 0.15) is 0 Å². The van der Waals surface area contributed by atoms with Gasteiger partial charge in [-0.25, -0.2) is 0 Å². The fraction of sp³-hybridized carbons (Fsp3) is 0.136. The van der Waals surface area contributed by atoms with Gasteiger partial charge in [-0.15, -0.1) is 0 Å². The Hall–Kier alpha value is -2.45. The van der Waals surface area contributed by atoms with Crippen molar-refractivity contribution in [3.05, 3.63) is 72.9 Å². The molecule has 0 fully saturated rings. The lowest BCUT2D eigenvalue weighted by Gasteiger charge is -2.17. The fourth-order valence-corrected chi connectivity index (χ4v) is 4.37. The highest BCUT2D eigenvalue weighted by Gasteiger charge is 2.17. The lowest BCUT2D eigenvalue weighted by atomic mass is 9.99. The molecule has 4 rings (SSSR count). The Labute approximate surface area is 144 Å². The van der Waals surface area contributed by atoms with Gasteiger partial charge in [-0.3, -0.25) is 4.98 Å². The average molecular weight is 328 g/mol. The van der Waals surface area contributed by atoms with Gasteiger partial charge < -0.3 is 0 Å². The van der Waals surface area contributed by atoms with Crippen LogP contribution in [0.4, 0.5) is 0 Å². The van der Waals surface area contributed by atoms with Crippen LogP contribution in [0.2, 0.25) is 19.6 Å². The molecular formula is C22H21NSi. The Kier molecular flexibility index (Phi) is 3.50. The van der Waals surface area contributed by atoms with Gasteiger partial charge in [-0.2, -0.15) is 0 Å². The second-order valence-electron chi connectivity index (χ2n) is 7.40. The molecule has 0 amide bonds. The normalized spacial score (nSPS) is 12.0. The third-order valence-electron chi connectivity index (χ3n) is 4.67. The maximum atomic E-state index is 4.61. The summed E-state index contributed by atoms with van der Waals surface area (Å²) in [4.78, 5) is 4.61. The number of hydrogen-bond acceptors (Lipinski definition) is 1. The minimum atomic E-state index is -1.33. The standard InChI is InChI=1S/C22H21NSi/c1-24(2,3)19-12-13-23-22(15-19)18-10-11-21-17(14-18)9-8-16-6-4-5-7-20(16)21/h4-15H,1-3H3. The summed E-state index contributed by atoms with van der Waals surface area (Å²) in [7, 11) is -1.33. The first-order valence-corrected chi connectivity index (χ1v) is 11.9. The second-order valence-corrected chi connectivity index (χ2v) is 12.5. The molecule has 24 heavy (non-hydrogen) atoms. The summed E-state index contributed by atoms with van der Waals surface area (Å²) in [6, 6.07) is 24.1. The van der Waals surface area contributed by atoms with Gasteiger partial charge >= 0.3 is 0 Å². The van der Waals surface area contributed by atoms with Crippen molar-refractivity contribution in [2.75, 3.05) is 0 Å². The SMILES string of the molecule is C[Si](C)(C)c1ccnc(-c2ccc3c(ccc4ccccc43)c2)c1. The van der Waals surface area contributed by atoms with Gasteiger partial charge in [0.15, 0.2) is 0 Å². The average Bonchev–Trinajstić information content (AvgIpc) is 2.60. The molecule has 0 N–H and O–H groups in total. The maximum absolute atomic E-state index is 4.61. The van der Waals surface area contributed by atoms with Crippen molar-refractivity contribution in [3.63, 3.8) is 0 Å². The van der Waals surface area contributed by atoms with E-state index in [-0.39, 0.29) is 0 Å². The highest BCUT2D eigenvalue weighted by molar-refractivity contribution is 6.88. The Morgan fingerprint density at radius 2 is 1.46 bits per heavy atom. The van der Waals surface area contributed by atoms with E-state index in [1.165, 1.54) is 32.3 Å². The molecule has 0 saturated carbocycles. The van der Waals surface area contributed by atoms with Crippen LogP contribution in [0.3, 0.4) is 0 Å². The van der Waals surface area contributed by atoms with E-state index in [9.17, 15) is 0 Å². The van der Waals surface area contributed by atoms with Crippen LogP contribution in [-0.2, 0) is 0 Å². The van der Waals surface area contributed by atoms with Crippen LogP contribution >= 0.6 is 0 Å². The third kappa shape index (κ3) is 2.63.